The lowest BCUT2D eigenvalue weighted by Gasteiger charge is -2.39. The smallest absolute Gasteiger partial charge is 0.252 e. The van der Waals surface area contributed by atoms with Crippen LogP contribution in [0.4, 0.5) is 4.39 Å². The first-order valence-corrected chi connectivity index (χ1v) is 7.24. The van der Waals surface area contributed by atoms with E-state index in [1.165, 1.54) is 18.2 Å². The topological polar surface area (TPSA) is 55.1 Å². The van der Waals surface area contributed by atoms with Crippen molar-refractivity contribution in [1.29, 1.82) is 0 Å². The van der Waals surface area contributed by atoms with Crippen LogP contribution in [-0.2, 0) is 0 Å². The van der Waals surface area contributed by atoms with Crippen LogP contribution in [0, 0.1) is 18.7 Å². The summed E-state index contributed by atoms with van der Waals surface area (Å²) in [6.07, 6.45) is 3.99. The summed E-state index contributed by atoms with van der Waals surface area (Å²) in [5.41, 5.74) is 6.77. The highest BCUT2D eigenvalue weighted by Gasteiger charge is 2.34. The monoisotopic (exact) mass is 278 g/mol. The SMILES string of the molecule is Cc1cc(F)ccc1C(=O)NC1(CN)CCC(C)CC1. The molecule has 1 aromatic carbocycles. The van der Waals surface area contributed by atoms with E-state index in [9.17, 15) is 9.18 Å². The molecule has 1 fully saturated rings. The molecule has 0 atom stereocenters. The molecule has 1 aliphatic rings. The van der Waals surface area contributed by atoms with Crippen molar-refractivity contribution in [2.45, 2.75) is 45.1 Å². The number of hydrogen-bond donors (Lipinski definition) is 2. The average molecular weight is 278 g/mol. The van der Waals surface area contributed by atoms with E-state index < -0.39 is 0 Å². The van der Waals surface area contributed by atoms with Gasteiger partial charge < -0.3 is 11.1 Å². The molecule has 0 bridgehead atoms. The zero-order chi connectivity index (χ0) is 14.8. The minimum Gasteiger partial charge on any atom is -0.345 e. The fraction of sp³-hybridized carbons (Fsp3) is 0.562. The Bertz CT molecular complexity index is 493. The van der Waals surface area contributed by atoms with Gasteiger partial charge in [-0.1, -0.05) is 6.92 Å². The third-order valence-corrected chi connectivity index (χ3v) is 4.43. The Hall–Kier alpha value is -1.42. The third-order valence-electron chi connectivity index (χ3n) is 4.43. The van der Waals surface area contributed by atoms with Crippen molar-refractivity contribution in [3.63, 3.8) is 0 Å². The van der Waals surface area contributed by atoms with Gasteiger partial charge in [0.1, 0.15) is 5.82 Å². The van der Waals surface area contributed by atoms with Crippen molar-refractivity contribution in [3.05, 3.63) is 35.1 Å². The number of amides is 1. The van der Waals surface area contributed by atoms with Crippen LogP contribution in [0.2, 0.25) is 0 Å². The standard InChI is InChI=1S/C16H23FN2O/c1-11-5-7-16(10-18,8-6-11)19-15(20)14-4-3-13(17)9-12(14)2/h3-4,9,11H,5-8,10,18H2,1-2H3,(H,19,20). The fourth-order valence-corrected chi connectivity index (χ4v) is 2.88. The largest absolute Gasteiger partial charge is 0.345 e. The molecule has 0 spiro atoms. The van der Waals surface area contributed by atoms with Crippen molar-refractivity contribution in [3.8, 4) is 0 Å². The van der Waals surface area contributed by atoms with Crippen molar-refractivity contribution in [2.75, 3.05) is 6.54 Å². The van der Waals surface area contributed by atoms with E-state index in [1.807, 2.05) is 0 Å². The first kappa shape index (κ1) is 15.0. The lowest BCUT2D eigenvalue weighted by Crippen LogP contribution is -2.55. The maximum Gasteiger partial charge on any atom is 0.252 e. The Balaban J connectivity index is 2.13. The van der Waals surface area contributed by atoms with Crippen LogP contribution in [0.5, 0.6) is 0 Å². The van der Waals surface area contributed by atoms with Gasteiger partial charge in [-0.2, -0.15) is 0 Å². The van der Waals surface area contributed by atoms with Gasteiger partial charge in [0.25, 0.3) is 5.91 Å². The van der Waals surface area contributed by atoms with Crippen molar-refractivity contribution in [2.24, 2.45) is 11.7 Å². The number of hydrogen-bond acceptors (Lipinski definition) is 2. The number of nitrogens with one attached hydrogen (secondary N) is 1. The number of carbonyl (C=O) groups excluding carboxylic acids is 1. The van der Waals surface area contributed by atoms with E-state index in [0.29, 0.717) is 23.6 Å². The van der Waals surface area contributed by atoms with Crippen LogP contribution in [-0.4, -0.2) is 18.0 Å². The molecule has 3 N–H and O–H groups in total. The number of carbonyl (C=O) groups is 1. The molecular weight excluding hydrogens is 255 g/mol. The van der Waals surface area contributed by atoms with Crippen LogP contribution in [0.15, 0.2) is 18.2 Å². The first-order valence-electron chi connectivity index (χ1n) is 7.24. The fourth-order valence-electron chi connectivity index (χ4n) is 2.88. The Kier molecular flexibility index (Phi) is 4.43. The number of benzene rings is 1. The number of aryl methyl sites for hydroxylation is 1. The predicted molar refractivity (Wildman–Crippen MR) is 78.0 cm³/mol. The van der Waals surface area contributed by atoms with E-state index in [2.05, 4.69) is 12.2 Å². The number of rotatable bonds is 3. The zero-order valence-corrected chi connectivity index (χ0v) is 12.2. The lowest BCUT2D eigenvalue weighted by atomic mass is 9.77. The van der Waals surface area contributed by atoms with Gasteiger partial charge in [-0.3, -0.25) is 4.79 Å². The van der Waals surface area contributed by atoms with Crippen molar-refractivity contribution < 1.29 is 9.18 Å². The molecule has 1 saturated carbocycles. The minimum absolute atomic E-state index is 0.150. The summed E-state index contributed by atoms with van der Waals surface area (Å²) in [7, 11) is 0. The average Bonchev–Trinajstić information content (AvgIpc) is 2.41. The second kappa shape index (κ2) is 5.92. The Morgan fingerprint density at radius 2 is 2.10 bits per heavy atom. The van der Waals surface area contributed by atoms with Gasteiger partial charge in [0, 0.05) is 12.1 Å². The van der Waals surface area contributed by atoms with Crippen LogP contribution in [0.25, 0.3) is 0 Å². The molecule has 20 heavy (non-hydrogen) atoms. The normalized spacial score (nSPS) is 26.3. The molecule has 1 amide bonds. The van der Waals surface area contributed by atoms with Crippen LogP contribution >= 0.6 is 0 Å². The van der Waals surface area contributed by atoms with Gasteiger partial charge >= 0.3 is 0 Å². The molecule has 0 heterocycles. The predicted octanol–water partition coefficient (Wildman–Crippen LogP) is 2.77. The lowest BCUT2D eigenvalue weighted by molar-refractivity contribution is 0.0859. The summed E-state index contributed by atoms with van der Waals surface area (Å²) >= 11 is 0. The molecule has 3 nitrogen and oxygen atoms in total. The molecule has 0 unspecified atom stereocenters. The van der Waals surface area contributed by atoms with Crippen molar-refractivity contribution in [1.82, 2.24) is 5.32 Å². The van der Waals surface area contributed by atoms with E-state index in [0.717, 1.165) is 25.7 Å². The first-order chi connectivity index (χ1) is 9.46. The molecule has 0 saturated heterocycles. The Labute approximate surface area is 119 Å². The summed E-state index contributed by atoms with van der Waals surface area (Å²) in [5.74, 6) is 0.223. The van der Waals surface area contributed by atoms with Gasteiger partial charge in [-0.25, -0.2) is 4.39 Å². The van der Waals surface area contributed by atoms with Gasteiger partial charge in [0.15, 0.2) is 0 Å². The molecule has 0 aliphatic heterocycles. The van der Waals surface area contributed by atoms with Crippen LogP contribution < -0.4 is 11.1 Å². The summed E-state index contributed by atoms with van der Waals surface area (Å²) in [6, 6.07) is 4.24. The maximum absolute atomic E-state index is 13.1. The van der Waals surface area contributed by atoms with Gasteiger partial charge in [-0.15, -0.1) is 0 Å². The second-order valence-corrected chi connectivity index (χ2v) is 6.08. The van der Waals surface area contributed by atoms with E-state index >= 15 is 0 Å². The second-order valence-electron chi connectivity index (χ2n) is 6.08. The molecular formula is C16H23FN2O. The molecule has 2 rings (SSSR count). The molecule has 0 aromatic heterocycles. The van der Waals surface area contributed by atoms with Gasteiger partial charge in [0.2, 0.25) is 0 Å². The van der Waals surface area contributed by atoms with E-state index in [-0.39, 0.29) is 17.3 Å². The van der Waals surface area contributed by atoms with Gasteiger partial charge in [-0.05, 0) is 62.3 Å². The summed E-state index contributed by atoms with van der Waals surface area (Å²) in [5, 5.41) is 3.09. The molecule has 4 heteroatoms. The highest BCUT2D eigenvalue weighted by Crippen LogP contribution is 2.31. The Morgan fingerprint density at radius 3 is 2.65 bits per heavy atom. The third kappa shape index (κ3) is 3.18. The Morgan fingerprint density at radius 1 is 1.45 bits per heavy atom. The number of nitrogens with two attached hydrogens (primary N) is 1. The molecule has 110 valence electrons. The molecule has 1 aromatic rings. The highest BCUT2D eigenvalue weighted by atomic mass is 19.1. The minimum atomic E-state index is -0.320. The number of halogens is 1. The molecule has 0 radical (unpaired) electrons. The summed E-state index contributed by atoms with van der Waals surface area (Å²) in [4.78, 5) is 12.4. The van der Waals surface area contributed by atoms with Crippen LogP contribution in [0.3, 0.4) is 0 Å². The molecule has 1 aliphatic carbocycles. The quantitative estimate of drug-likeness (QED) is 0.893. The summed E-state index contributed by atoms with van der Waals surface area (Å²) < 4.78 is 13.1. The van der Waals surface area contributed by atoms with Crippen molar-refractivity contribution >= 4 is 5.91 Å². The van der Waals surface area contributed by atoms with Gasteiger partial charge in [0.05, 0.1) is 5.54 Å². The zero-order valence-electron chi connectivity index (χ0n) is 12.2. The van der Waals surface area contributed by atoms with E-state index in [4.69, 9.17) is 5.73 Å². The van der Waals surface area contributed by atoms with Crippen LogP contribution in [0.1, 0.15) is 48.5 Å². The summed E-state index contributed by atoms with van der Waals surface area (Å²) in [6.45, 7) is 4.42. The van der Waals surface area contributed by atoms with E-state index in [1.54, 1.807) is 6.92 Å². The highest BCUT2D eigenvalue weighted by molar-refractivity contribution is 5.96. The maximum atomic E-state index is 13.1.